The number of hydrogen-bond acceptors (Lipinski definition) is 3. The second-order valence-electron chi connectivity index (χ2n) is 6.66. The van der Waals surface area contributed by atoms with Crippen molar-refractivity contribution in [3.05, 3.63) is 35.4 Å². The van der Waals surface area contributed by atoms with Crippen LogP contribution in [0.4, 0.5) is 8.78 Å². The SMILES string of the molecule is CCCCC(=O)NC(C)CC(O)C(Cc1cc(F)cc(F)c1)NC(C)=O. The number of aliphatic hydroxyl groups excluding tert-OH is 1. The highest BCUT2D eigenvalue weighted by molar-refractivity contribution is 5.76. The highest BCUT2D eigenvalue weighted by atomic mass is 19.1. The second kappa shape index (κ2) is 10.9. The Hall–Kier alpha value is -2.02. The van der Waals surface area contributed by atoms with E-state index in [0.29, 0.717) is 12.0 Å². The predicted octanol–water partition coefficient (Wildman–Crippen LogP) is 2.46. The van der Waals surface area contributed by atoms with Crippen molar-refractivity contribution in [3.63, 3.8) is 0 Å². The number of unbranched alkanes of at least 4 members (excludes halogenated alkanes) is 1. The van der Waals surface area contributed by atoms with Crippen molar-refractivity contribution in [3.8, 4) is 0 Å². The highest BCUT2D eigenvalue weighted by Crippen LogP contribution is 2.14. The second-order valence-corrected chi connectivity index (χ2v) is 6.66. The molecule has 1 rings (SSSR count). The molecule has 26 heavy (non-hydrogen) atoms. The fraction of sp³-hybridized carbons (Fsp3) is 0.579. The molecule has 0 saturated heterocycles. The lowest BCUT2D eigenvalue weighted by molar-refractivity contribution is -0.123. The van der Waals surface area contributed by atoms with E-state index < -0.39 is 23.8 Å². The predicted molar refractivity (Wildman–Crippen MR) is 95.4 cm³/mol. The van der Waals surface area contributed by atoms with Gasteiger partial charge in [-0.2, -0.15) is 0 Å². The molecule has 146 valence electrons. The minimum absolute atomic E-state index is 0.0753. The molecule has 0 aromatic heterocycles. The van der Waals surface area contributed by atoms with Gasteiger partial charge >= 0.3 is 0 Å². The van der Waals surface area contributed by atoms with Gasteiger partial charge in [-0.3, -0.25) is 9.59 Å². The number of carbonyl (C=O) groups is 2. The van der Waals surface area contributed by atoms with Crippen LogP contribution < -0.4 is 10.6 Å². The van der Waals surface area contributed by atoms with E-state index in [1.165, 1.54) is 19.1 Å². The monoisotopic (exact) mass is 370 g/mol. The van der Waals surface area contributed by atoms with Crippen molar-refractivity contribution in [2.75, 3.05) is 0 Å². The summed E-state index contributed by atoms with van der Waals surface area (Å²) in [4.78, 5) is 23.2. The number of rotatable bonds is 10. The van der Waals surface area contributed by atoms with Crippen LogP contribution in [-0.2, 0) is 16.0 Å². The van der Waals surface area contributed by atoms with Crippen LogP contribution in [0, 0.1) is 11.6 Å². The van der Waals surface area contributed by atoms with E-state index in [4.69, 9.17) is 0 Å². The van der Waals surface area contributed by atoms with Crippen molar-refractivity contribution in [1.29, 1.82) is 0 Å². The third-order valence-electron chi connectivity index (χ3n) is 3.99. The summed E-state index contributed by atoms with van der Waals surface area (Å²) in [5.41, 5.74) is 0.333. The van der Waals surface area contributed by atoms with Gasteiger partial charge in [-0.15, -0.1) is 0 Å². The Morgan fingerprint density at radius 3 is 2.31 bits per heavy atom. The molecule has 0 saturated carbocycles. The maximum Gasteiger partial charge on any atom is 0.220 e. The van der Waals surface area contributed by atoms with Crippen LogP contribution >= 0.6 is 0 Å². The molecule has 0 heterocycles. The molecule has 3 unspecified atom stereocenters. The van der Waals surface area contributed by atoms with Gasteiger partial charge in [0.05, 0.1) is 12.1 Å². The Morgan fingerprint density at radius 1 is 1.15 bits per heavy atom. The molecule has 1 aromatic rings. The van der Waals surface area contributed by atoms with Crippen LogP contribution in [0.5, 0.6) is 0 Å². The van der Waals surface area contributed by atoms with Gasteiger partial charge in [0.2, 0.25) is 11.8 Å². The lowest BCUT2D eigenvalue weighted by Crippen LogP contribution is -2.47. The molecule has 2 amide bonds. The number of amides is 2. The standard InChI is InChI=1S/C19H28F2N2O3/c1-4-5-6-19(26)22-12(2)7-18(25)17(23-13(3)24)10-14-8-15(20)11-16(21)9-14/h8-9,11-12,17-18,25H,4-7,10H2,1-3H3,(H,22,26)(H,23,24). The topological polar surface area (TPSA) is 78.4 Å². The summed E-state index contributed by atoms with van der Waals surface area (Å²) in [5, 5.41) is 15.9. The van der Waals surface area contributed by atoms with E-state index in [1.807, 2.05) is 6.92 Å². The van der Waals surface area contributed by atoms with Crippen molar-refractivity contribution in [2.24, 2.45) is 0 Å². The summed E-state index contributed by atoms with van der Waals surface area (Å²) >= 11 is 0. The van der Waals surface area contributed by atoms with Crippen LogP contribution in [0.15, 0.2) is 18.2 Å². The number of carbonyl (C=O) groups excluding carboxylic acids is 2. The van der Waals surface area contributed by atoms with Gasteiger partial charge < -0.3 is 15.7 Å². The molecule has 0 bridgehead atoms. The molecule has 3 atom stereocenters. The molecule has 0 radical (unpaired) electrons. The summed E-state index contributed by atoms with van der Waals surface area (Å²) in [5.74, 6) is -1.87. The summed E-state index contributed by atoms with van der Waals surface area (Å²) in [6.07, 6.45) is 1.44. The fourth-order valence-corrected chi connectivity index (χ4v) is 2.80. The Bertz CT molecular complexity index is 590. The summed E-state index contributed by atoms with van der Waals surface area (Å²) < 4.78 is 26.7. The van der Waals surface area contributed by atoms with Gasteiger partial charge in [-0.1, -0.05) is 13.3 Å². The number of benzene rings is 1. The first kappa shape index (κ1) is 22.0. The Morgan fingerprint density at radius 2 is 1.77 bits per heavy atom. The zero-order chi connectivity index (χ0) is 19.7. The van der Waals surface area contributed by atoms with E-state index in [-0.39, 0.29) is 30.7 Å². The van der Waals surface area contributed by atoms with Crippen LogP contribution in [0.2, 0.25) is 0 Å². The van der Waals surface area contributed by atoms with Crippen molar-refractivity contribution in [2.45, 2.75) is 71.1 Å². The van der Waals surface area contributed by atoms with Gasteiger partial charge in [-0.05, 0) is 43.9 Å². The normalized spacial score (nSPS) is 14.4. The summed E-state index contributed by atoms with van der Waals surface area (Å²) in [7, 11) is 0. The molecule has 0 aliphatic carbocycles. The van der Waals surface area contributed by atoms with E-state index in [9.17, 15) is 23.5 Å². The van der Waals surface area contributed by atoms with Crippen LogP contribution in [0.3, 0.4) is 0 Å². The first-order chi connectivity index (χ1) is 12.2. The molecule has 0 fully saturated rings. The van der Waals surface area contributed by atoms with Crippen LogP contribution in [0.1, 0.15) is 52.0 Å². The first-order valence-electron chi connectivity index (χ1n) is 8.90. The van der Waals surface area contributed by atoms with Gasteiger partial charge in [-0.25, -0.2) is 8.78 Å². The Labute approximate surface area is 153 Å². The average molecular weight is 370 g/mol. The van der Waals surface area contributed by atoms with Crippen LogP contribution in [-0.4, -0.2) is 35.1 Å². The van der Waals surface area contributed by atoms with E-state index in [2.05, 4.69) is 10.6 Å². The maximum atomic E-state index is 13.4. The Balaban J connectivity index is 2.71. The largest absolute Gasteiger partial charge is 0.391 e. The zero-order valence-electron chi connectivity index (χ0n) is 15.5. The third kappa shape index (κ3) is 8.38. The van der Waals surface area contributed by atoms with Crippen molar-refractivity contribution in [1.82, 2.24) is 10.6 Å². The molecular formula is C19H28F2N2O3. The number of nitrogens with one attached hydrogen (secondary N) is 2. The van der Waals surface area contributed by atoms with Crippen molar-refractivity contribution < 1.29 is 23.5 Å². The Kier molecular flexibility index (Phi) is 9.19. The highest BCUT2D eigenvalue weighted by Gasteiger charge is 2.23. The van der Waals surface area contributed by atoms with Gasteiger partial charge in [0.25, 0.3) is 0 Å². The van der Waals surface area contributed by atoms with Crippen LogP contribution in [0.25, 0.3) is 0 Å². The lowest BCUT2D eigenvalue weighted by Gasteiger charge is -2.26. The molecule has 3 N–H and O–H groups in total. The summed E-state index contributed by atoms with van der Waals surface area (Å²) in [6.45, 7) is 5.06. The quantitative estimate of drug-likeness (QED) is 0.592. The average Bonchev–Trinajstić information content (AvgIpc) is 2.50. The number of hydrogen-bond donors (Lipinski definition) is 3. The van der Waals surface area contributed by atoms with E-state index in [1.54, 1.807) is 6.92 Å². The van der Waals surface area contributed by atoms with E-state index >= 15 is 0 Å². The third-order valence-corrected chi connectivity index (χ3v) is 3.99. The lowest BCUT2D eigenvalue weighted by atomic mass is 9.96. The molecule has 0 aliphatic heterocycles. The zero-order valence-corrected chi connectivity index (χ0v) is 15.5. The molecule has 0 spiro atoms. The number of halogens is 2. The minimum atomic E-state index is -0.980. The van der Waals surface area contributed by atoms with E-state index in [0.717, 1.165) is 18.9 Å². The molecule has 0 aliphatic rings. The molecule has 7 heteroatoms. The first-order valence-corrected chi connectivity index (χ1v) is 8.90. The molecule has 1 aromatic carbocycles. The maximum absolute atomic E-state index is 13.4. The smallest absolute Gasteiger partial charge is 0.220 e. The van der Waals surface area contributed by atoms with Crippen molar-refractivity contribution >= 4 is 11.8 Å². The molecular weight excluding hydrogens is 342 g/mol. The molecule has 5 nitrogen and oxygen atoms in total. The number of aliphatic hydroxyl groups is 1. The fourth-order valence-electron chi connectivity index (χ4n) is 2.80. The minimum Gasteiger partial charge on any atom is -0.391 e. The summed E-state index contributed by atoms with van der Waals surface area (Å²) in [6, 6.07) is 2.08. The van der Waals surface area contributed by atoms with Gasteiger partial charge in [0, 0.05) is 25.5 Å². The van der Waals surface area contributed by atoms with Gasteiger partial charge in [0.1, 0.15) is 11.6 Å². The van der Waals surface area contributed by atoms with Gasteiger partial charge in [0.15, 0.2) is 0 Å².